The van der Waals surface area contributed by atoms with E-state index in [2.05, 4.69) is 0 Å². The molecule has 12 N–H and O–H groups in total. The molecule has 0 aromatic carbocycles. The molecule has 0 aliphatic rings. The molecule has 0 saturated carbocycles. The summed E-state index contributed by atoms with van der Waals surface area (Å²) in [6.45, 7) is 0. The van der Waals surface area contributed by atoms with Crippen LogP contribution in [0.15, 0.2) is 0 Å². The van der Waals surface area contributed by atoms with Crippen LogP contribution >= 0.6 is 0 Å². The van der Waals surface area contributed by atoms with Crippen LogP contribution in [0.2, 0.25) is 0 Å². The van der Waals surface area contributed by atoms with Crippen LogP contribution in [0.25, 0.3) is 0 Å². The molecule has 8 heteroatoms. The molecule has 8 heavy (non-hydrogen) atoms. The van der Waals surface area contributed by atoms with Crippen molar-refractivity contribution in [3.05, 3.63) is 0 Å². The number of hydrogen-bond donors (Lipinski definition) is 0. The topological polar surface area (TPSA) is 206 Å². The van der Waals surface area contributed by atoms with Gasteiger partial charge in [-0.15, -0.1) is 0 Å². The SMILES string of the molecule is O.O.O.O.O.O.[O]=[Ca]. The monoisotopic (exact) mass is 164 g/mol. The second kappa shape index (κ2) is 541. The molecule has 0 fully saturated rings. The average molecular weight is 164 g/mol. The van der Waals surface area contributed by atoms with Gasteiger partial charge in [0.15, 0.2) is 0 Å². The Labute approximate surface area is 70.0 Å². The second-order valence-corrected chi connectivity index (χ2v) is 0. The first-order valence-electron chi connectivity index (χ1n) is 0.289. The average Bonchev–Trinajstić information content (AvgIpc) is 1.00. The van der Waals surface area contributed by atoms with Gasteiger partial charge in [0.1, 0.15) is 0 Å². The molecule has 0 heterocycles. The van der Waals surface area contributed by atoms with Gasteiger partial charge in [-0.2, -0.15) is 0 Å². The van der Waals surface area contributed by atoms with Gasteiger partial charge in [-0.05, 0) is 0 Å². The first-order valence-corrected chi connectivity index (χ1v) is 1.19. The Morgan fingerprint density at radius 2 is 0.500 bits per heavy atom. The maximum absolute atomic E-state index is 8.38. The van der Waals surface area contributed by atoms with Crippen LogP contribution in [0.4, 0.5) is 0 Å². The van der Waals surface area contributed by atoms with Crippen LogP contribution < -0.4 is 0 Å². The molecule has 0 amide bonds. The third kappa shape index (κ3) is 344. The van der Waals surface area contributed by atoms with Crippen LogP contribution in [-0.4, -0.2) is 68.7 Å². The van der Waals surface area contributed by atoms with Crippen molar-refractivity contribution in [2.75, 3.05) is 0 Å². The Morgan fingerprint density at radius 1 is 0.500 bits per heavy atom. The second-order valence-electron chi connectivity index (χ2n) is 0. The van der Waals surface area contributed by atoms with E-state index in [1.807, 2.05) is 0 Å². The van der Waals surface area contributed by atoms with Crippen molar-refractivity contribution in [3.8, 4) is 0 Å². The van der Waals surface area contributed by atoms with E-state index in [0.29, 0.717) is 0 Å². The molecule has 0 aromatic heterocycles. The first kappa shape index (κ1) is 163. The van der Waals surface area contributed by atoms with Crippen molar-refractivity contribution < 1.29 is 34.3 Å². The van der Waals surface area contributed by atoms with Gasteiger partial charge in [0.05, 0.1) is 0 Å². The summed E-state index contributed by atoms with van der Waals surface area (Å²) in [4.78, 5) is 0. The van der Waals surface area contributed by atoms with Gasteiger partial charge in [0.2, 0.25) is 0 Å². The summed E-state index contributed by atoms with van der Waals surface area (Å²) >= 11 is 0.125. The van der Waals surface area contributed by atoms with Gasteiger partial charge >= 0.3 is 37.3 Å². The normalized spacial score (nSPS) is 0.750. The molecule has 0 rings (SSSR count). The van der Waals surface area contributed by atoms with E-state index in [1.54, 1.807) is 0 Å². The summed E-state index contributed by atoms with van der Waals surface area (Å²) in [7, 11) is 0. The van der Waals surface area contributed by atoms with Crippen molar-refractivity contribution in [2.24, 2.45) is 0 Å². The van der Waals surface area contributed by atoms with E-state index in [4.69, 9.17) is 1.43 Å². The molecule has 0 spiro atoms. The molecule has 7 nitrogen and oxygen atoms in total. The fraction of sp³-hybridized carbons (Fsp3) is 0. The molecule has 56 valence electrons. The molecular weight excluding hydrogens is 152 g/mol. The summed E-state index contributed by atoms with van der Waals surface area (Å²) in [6.07, 6.45) is 0. The van der Waals surface area contributed by atoms with E-state index < -0.39 is 0 Å². The predicted molar refractivity (Wildman–Crippen MR) is 28.1 cm³/mol. The van der Waals surface area contributed by atoms with Crippen molar-refractivity contribution in [1.82, 2.24) is 0 Å². The molecule has 0 aromatic rings. The minimum absolute atomic E-state index is 0. The maximum atomic E-state index is 8.38. The molecule has 0 aliphatic heterocycles. The molecule has 0 atom stereocenters. The quantitative estimate of drug-likeness (QED) is 0.315. The van der Waals surface area contributed by atoms with Crippen LogP contribution in [-0.2, 0) is 1.43 Å². The van der Waals surface area contributed by atoms with Crippen LogP contribution in [0.1, 0.15) is 0 Å². The Hall–Kier alpha value is 0.820. The van der Waals surface area contributed by atoms with Gasteiger partial charge in [-0.1, -0.05) is 0 Å². The molecule has 0 saturated heterocycles. The molecule has 0 unspecified atom stereocenters. The fourth-order valence-electron chi connectivity index (χ4n) is 0. The summed E-state index contributed by atoms with van der Waals surface area (Å²) in [5.41, 5.74) is 0. The summed E-state index contributed by atoms with van der Waals surface area (Å²) in [6, 6.07) is 0. The molecule has 0 radical (unpaired) electrons. The zero-order valence-corrected chi connectivity index (χ0v) is 6.32. The third-order valence-electron chi connectivity index (χ3n) is 0. The van der Waals surface area contributed by atoms with E-state index in [0.717, 1.165) is 0 Å². The van der Waals surface area contributed by atoms with Gasteiger partial charge in [-0.3, -0.25) is 0 Å². The Kier molecular flexibility index (Phi) is 11000. The minimum atomic E-state index is 0. The van der Waals surface area contributed by atoms with Crippen molar-refractivity contribution in [2.45, 2.75) is 0 Å². The van der Waals surface area contributed by atoms with E-state index in [9.17, 15) is 0 Å². The summed E-state index contributed by atoms with van der Waals surface area (Å²) in [5.74, 6) is 0. The van der Waals surface area contributed by atoms with Crippen molar-refractivity contribution >= 4 is 35.9 Å². The molecule has 0 bridgehead atoms. The van der Waals surface area contributed by atoms with Crippen molar-refractivity contribution in [3.63, 3.8) is 0 Å². The summed E-state index contributed by atoms with van der Waals surface area (Å²) in [5, 5.41) is 0. The Balaban J connectivity index is -0.000000000333. The van der Waals surface area contributed by atoms with Crippen LogP contribution in [0, 0.1) is 0 Å². The van der Waals surface area contributed by atoms with Crippen LogP contribution in [0.3, 0.4) is 0 Å². The molecule has 0 aliphatic carbocycles. The van der Waals surface area contributed by atoms with Gasteiger partial charge in [-0.25, -0.2) is 0 Å². The van der Waals surface area contributed by atoms with Gasteiger partial charge in [0, 0.05) is 0 Å². The Bertz CT molecular complexity index is 4.35. The van der Waals surface area contributed by atoms with E-state index in [-0.39, 0.29) is 68.7 Å². The number of rotatable bonds is 0. The van der Waals surface area contributed by atoms with Crippen molar-refractivity contribution in [1.29, 1.82) is 0 Å². The standard InChI is InChI=1S/Ca.6H2O.O/h;6*1H2;. The molecular formula is H12CaO7. The van der Waals surface area contributed by atoms with Crippen LogP contribution in [0.5, 0.6) is 0 Å². The fourth-order valence-corrected chi connectivity index (χ4v) is 0. The summed E-state index contributed by atoms with van der Waals surface area (Å²) < 4.78 is 8.38. The predicted octanol–water partition coefficient (Wildman–Crippen LogP) is -5.45. The van der Waals surface area contributed by atoms with E-state index >= 15 is 0 Å². The van der Waals surface area contributed by atoms with Gasteiger partial charge in [0.25, 0.3) is 0 Å². The zero-order chi connectivity index (χ0) is 2.00. The Morgan fingerprint density at radius 3 is 0.500 bits per heavy atom. The zero-order valence-electron chi connectivity index (χ0n) is 4.12. The third-order valence-corrected chi connectivity index (χ3v) is 0. The number of hydrogen-bond acceptors (Lipinski definition) is 1. The first-order chi connectivity index (χ1) is 1.00. The van der Waals surface area contributed by atoms with E-state index in [1.165, 1.54) is 0 Å². The van der Waals surface area contributed by atoms with Gasteiger partial charge < -0.3 is 32.9 Å².